The number of nitrogens with one attached hydrogen (secondary N) is 2. The molecule has 124 valence electrons. The number of hydrogen-bond acceptors (Lipinski definition) is 4. The topological polar surface area (TPSA) is 53.5 Å². The molecule has 2 rings (SSSR count). The molecule has 0 fully saturated rings. The standard InChI is InChI=1S/C18H23ClN2O2/c19-18-4-2-1-3-16(18)14-23-17-7-5-15(6-8-17)13-21-10-9-20-11-12-22/h1-8,20-22H,9-14H2. The fraction of sp³-hybridized carbons (Fsp3) is 0.333. The van der Waals surface area contributed by atoms with Gasteiger partial charge in [-0.05, 0) is 23.8 Å². The van der Waals surface area contributed by atoms with E-state index in [1.165, 1.54) is 5.56 Å². The third kappa shape index (κ3) is 6.59. The van der Waals surface area contributed by atoms with Gasteiger partial charge in [-0.3, -0.25) is 0 Å². The van der Waals surface area contributed by atoms with Gasteiger partial charge in [-0.1, -0.05) is 41.9 Å². The van der Waals surface area contributed by atoms with Gasteiger partial charge in [0.25, 0.3) is 0 Å². The van der Waals surface area contributed by atoms with E-state index in [1.807, 2.05) is 36.4 Å². The Bertz CT molecular complexity index is 575. The minimum atomic E-state index is 0.176. The average Bonchev–Trinajstić information content (AvgIpc) is 2.58. The van der Waals surface area contributed by atoms with Gasteiger partial charge in [-0.15, -0.1) is 0 Å². The van der Waals surface area contributed by atoms with E-state index in [1.54, 1.807) is 0 Å². The molecule has 0 radical (unpaired) electrons. The number of benzene rings is 2. The first kappa shape index (κ1) is 17.8. The minimum absolute atomic E-state index is 0.176. The summed E-state index contributed by atoms with van der Waals surface area (Å²) in [6, 6.07) is 15.7. The zero-order valence-corrected chi connectivity index (χ0v) is 13.9. The molecule has 0 amide bonds. The third-order valence-electron chi connectivity index (χ3n) is 3.37. The van der Waals surface area contributed by atoms with Crippen LogP contribution in [-0.2, 0) is 13.2 Å². The Morgan fingerprint density at radius 1 is 0.913 bits per heavy atom. The Hall–Kier alpha value is -1.59. The molecule has 0 heterocycles. The maximum Gasteiger partial charge on any atom is 0.119 e. The van der Waals surface area contributed by atoms with Crippen molar-refractivity contribution in [2.45, 2.75) is 13.2 Å². The van der Waals surface area contributed by atoms with Crippen molar-refractivity contribution in [3.8, 4) is 5.75 Å². The molecule has 0 unspecified atom stereocenters. The van der Waals surface area contributed by atoms with E-state index in [9.17, 15) is 0 Å². The second-order valence-corrected chi connectivity index (χ2v) is 5.58. The maximum absolute atomic E-state index is 8.66. The molecule has 0 aliphatic rings. The summed E-state index contributed by atoms with van der Waals surface area (Å²) in [7, 11) is 0. The third-order valence-corrected chi connectivity index (χ3v) is 3.74. The number of rotatable bonds is 10. The quantitative estimate of drug-likeness (QED) is 0.585. The van der Waals surface area contributed by atoms with E-state index >= 15 is 0 Å². The van der Waals surface area contributed by atoms with Gasteiger partial charge < -0.3 is 20.5 Å². The van der Waals surface area contributed by atoms with Gasteiger partial charge in [-0.2, -0.15) is 0 Å². The molecular formula is C18H23ClN2O2. The summed E-state index contributed by atoms with van der Waals surface area (Å²) in [6.07, 6.45) is 0. The summed E-state index contributed by atoms with van der Waals surface area (Å²) < 4.78 is 5.76. The average molecular weight is 335 g/mol. The SMILES string of the molecule is OCCNCCNCc1ccc(OCc2ccccc2Cl)cc1. The van der Waals surface area contributed by atoms with Gasteiger partial charge in [0, 0.05) is 36.8 Å². The highest BCUT2D eigenvalue weighted by atomic mass is 35.5. The Morgan fingerprint density at radius 3 is 2.39 bits per heavy atom. The zero-order chi connectivity index (χ0) is 16.3. The number of aliphatic hydroxyl groups is 1. The molecule has 0 bridgehead atoms. The van der Waals surface area contributed by atoms with Crippen LogP contribution in [-0.4, -0.2) is 31.3 Å². The molecular weight excluding hydrogens is 312 g/mol. The summed E-state index contributed by atoms with van der Waals surface area (Å²) in [5.41, 5.74) is 2.19. The van der Waals surface area contributed by atoms with Crippen LogP contribution in [0.4, 0.5) is 0 Å². The van der Waals surface area contributed by atoms with Crippen LogP contribution in [0.5, 0.6) is 5.75 Å². The van der Waals surface area contributed by atoms with Crippen LogP contribution >= 0.6 is 11.6 Å². The van der Waals surface area contributed by atoms with Gasteiger partial charge in [0.15, 0.2) is 0 Å². The molecule has 0 saturated heterocycles. The smallest absolute Gasteiger partial charge is 0.119 e. The molecule has 0 atom stereocenters. The lowest BCUT2D eigenvalue weighted by Gasteiger charge is -2.09. The largest absolute Gasteiger partial charge is 0.489 e. The van der Waals surface area contributed by atoms with Crippen LogP contribution < -0.4 is 15.4 Å². The first-order chi connectivity index (χ1) is 11.3. The van der Waals surface area contributed by atoms with Crippen LogP contribution in [0.3, 0.4) is 0 Å². The van der Waals surface area contributed by atoms with Crippen LogP contribution in [0.1, 0.15) is 11.1 Å². The van der Waals surface area contributed by atoms with Gasteiger partial charge in [-0.25, -0.2) is 0 Å². The Morgan fingerprint density at radius 2 is 1.65 bits per heavy atom. The van der Waals surface area contributed by atoms with Crippen molar-refractivity contribution in [1.82, 2.24) is 10.6 Å². The van der Waals surface area contributed by atoms with Gasteiger partial charge in [0.1, 0.15) is 12.4 Å². The number of aliphatic hydroxyl groups excluding tert-OH is 1. The highest BCUT2D eigenvalue weighted by Gasteiger charge is 2.01. The van der Waals surface area contributed by atoms with E-state index in [-0.39, 0.29) is 6.61 Å². The lowest BCUT2D eigenvalue weighted by atomic mass is 10.2. The maximum atomic E-state index is 8.66. The lowest BCUT2D eigenvalue weighted by Crippen LogP contribution is -2.28. The molecule has 0 aliphatic heterocycles. The van der Waals surface area contributed by atoms with Crippen molar-refractivity contribution in [1.29, 1.82) is 0 Å². The monoisotopic (exact) mass is 334 g/mol. The number of hydrogen-bond donors (Lipinski definition) is 3. The van der Waals surface area contributed by atoms with E-state index in [0.29, 0.717) is 13.2 Å². The Kier molecular flexibility index (Phi) is 7.90. The van der Waals surface area contributed by atoms with Crippen molar-refractivity contribution >= 4 is 11.6 Å². The highest BCUT2D eigenvalue weighted by Crippen LogP contribution is 2.18. The molecule has 5 heteroatoms. The van der Waals surface area contributed by atoms with Crippen LogP contribution in [0.25, 0.3) is 0 Å². The van der Waals surface area contributed by atoms with Crippen LogP contribution in [0.15, 0.2) is 48.5 Å². The molecule has 4 nitrogen and oxygen atoms in total. The first-order valence-corrected chi connectivity index (χ1v) is 8.15. The molecule has 0 spiro atoms. The van der Waals surface area contributed by atoms with Crippen molar-refractivity contribution in [3.05, 3.63) is 64.7 Å². The summed E-state index contributed by atoms with van der Waals surface area (Å²) in [4.78, 5) is 0. The van der Waals surface area contributed by atoms with Crippen LogP contribution in [0.2, 0.25) is 5.02 Å². The van der Waals surface area contributed by atoms with Gasteiger partial charge in [0.05, 0.1) is 6.61 Å². The fourth-order valence-corrected chi connectivity index (χ4v) is 2.28. The van der Waals surface area contributed by atoms with Crippen molar-refractivity contribution in [2.24, 2.45) is 0 Å². The number of ether oxygens (including phenoxy) is 1. The first-order valence-electron chi connectivity index (χ1n) is 7.77. The minimum Gasteiger partial charge on any atom is -0.489 e. The van der Waals surface area contributed by atoms with Crippen molar-refractivity contribution in [3.63, 3.8) is 0 Å². The van der Waals surface area contributed by atoms with Crippen molar-refractivity contribution in [2.75, 3.05) is 26.2 Å². The molecule has 3 N–H and O–H groups in total. The van der Waals surface area contributed by atoms with Gasteiger partial charge in [0.2, 0.25) is 0 Å². The Balaban J connectivity index is 1.71. The number of halogens is 1. The lowest BCUT2D eigenvalue weighted by molar-refractivity contribution is 0.292. The summed E-state index contributed by atoms with van der Waals surface area (Å²) >= 11 is 6.11. The molecule has 2 aromatic rings. The summed E-state index contributed by atoms with van der Waals surface area (Å²) in [5.74, 6) is 0.832. The van der Waals surface area contributed by atoms with E-state index in [4.69, 9.17) is 21.4 Å². The van der Waals surface area contributed by atoms with Gasteiger partial charge >= 0.3 is 0 Å². The molecule has 2 aromatic carbocycles. The van der Waals surface area contributed by atoms with E-state index < -0.39 is 0 Å². The molecule has 0 saturated carbocycles. The summed E-state index contributed by atoms with van der Waals surface area (Å²) in [5, 5.41) is 15.8. The van der Waals surface area contributed by atoms with Crippen molar-refractivity contribution < 1.29 is 9.84 Å². The molecule has 23 heavy (non-hydrogen) atoms. The second kappa shape index (κ2) is 10.2. The summed E-state index contributed by atoms with van der Waals surface area (Å²) in [6.45, 7) is 3.80. The molecule has 0 aliphatic carbocycles. The predicted molar refractivity (Wildman–Crippen MR) is 93.9 cm³/mol. The normalized spacial score (nSPS) is 10.7. The molecule has 0 aromatic heterocycles. The second-order valence-electron chi connectivity index (χ2n) is 5.17. The van der Waals surface area contributed by atoms with Crippen LogP contribution in [0, 0.1) is 0 Å². The Labute approximate surface area is 142 Å². The highest BCUT2D eigenvalue weighted by molar-refractivity contribution is 6.31. The fourth-order valence-electron chi connectivity index (χ4n) is 2.09. The van der Waals surface area contributed by atoms with E-state index in [0.717, 1.165) is 36.0 Å². The zero-order valence-electron chi connectivity index (χ0n) is 13.1. The predicted octanol–water partition coefficient (Wildman–Crippen LogP) is 2.59. The van der Waals surface area contributed by atoms with E-state index in [2.05, 4.69) is 22.8 Å².